The Hall–Kier alpha value is -2.61. The van der Waals surface area contributed by atoms with Crippen molar-refractivity contribution >= 4 is 11.8 Å². The number of nitrogens with one attached hydrogen (secondary N) is 1. The molecule has 1 aliphatic heterocycles. The fourth-order valence-electron chi connectivity index (χ4n) is 2.73. The van der Waals surface area contributed by atoms with Gasteiger partial charge < -0.3 is 10.2 Å². The van der Waals surface area contributed by atoms with Crippen molar-refractivity contribution < 1.29 is 0 Å². The highest BCUT2D eigenvalue weighted by Gasteiger charge is 2.25. The Morgan fingerprint density at radius 3 is 2.95 bits per heavy atom. The first kappa shape index (κ1) is 14.3. The van der Waals surface area contributed by atoms with Crippen LogP contribution in [-0.4, -0.2) is 29.1 Å². The Bertz CT molecular complexity index is 650. The van der Waals surface area contributed by atoms with Crippen LogP contribution in [0.1, 0.15) is 18.4 Å². The lowest BCUT2D eigenvalue weighted by molar-refractivity contribution is 0.804. The molecule has 1 aromatic heterocycles. The molecule has 5 nitrogen and oxygen atoms in total. The summed E-state index contributed by atoms with van der Waals surface area (Å²) in [5.41, 5.74) is 1.29. The van der Waals surface area contributed by atoms with E-state index in [1.807, 2.05) is 24.3 Å². The van der Waals surface area contributed by atoms with Crippen molar-refractivity contribution in [2.75, 3.05) is 23.3 Å². The molecule has 1 unspecified atom stereocenters. The third-order valence-corrected chi connectivity index (χ3v) is 3.88. The minimum atomic E-state index is -0.0629. The smallest absolute Gasteiger partial charge is 0.224 e. The maximum absolute atomic E-state index is 9.18. The molecule has 0 bridgehead atoms. The van der Waals surface area contributed by atoms with Gasteiger partial charge in [-0.1, -0.05) is 30.3 Å². The first-order valence-corrected chi connectivity index (χ1v) is 7.64. The van der Waals surface area contributed by atoms with Crippen LogP contribution in [-0.2, 0) is 6.42 Å². The zero-order chi connectivity index (χ0) is 15.2. The van der Waals surface area contributed by atoms with Gasteiger partial charge in [0, 0.05) is 19.3 Å². The van der Waals surface area contributed by atoms with Gasteiger partial charge in [0.2, 0.25) is 5.95 Å². The highest BCUT2D eigenvalue weighted by atomic mass is 15.3. The molecule has 0 spiro atoms. The van der Waals surface area contributed by atoms with Gasteiger partial charge in [0.05, 0.1) is 6.07 Å². The number of hydrogen-bond acceptors (Lipinski definition) is 5. The molecule has 0 radical (unpaired) electrons. The van der Waals surface area contributed by atoms with Crippen molar-refractivity contribution in [3.63, 3.8) is 0 Å². The van der Waals surface area contributed by atoms with Crippen molar-refractivity contribution in [3.8, 4) is 6.07 Å². The van der Waals surface area contributed by atoms with Gasteiger partial charge >= 0.3 is 0 Å². The molecular formula is C17H19N5. The van der Waals surface area contributed by atoms with Gasteiger partial charge in [0.25, 0.3) is 0 Å². The van der Waals surface area contributed by atoms with Crippen LogP contribution in [0.3, 0.4) is 0 Å². The summed E-state index contributed by atoms with van der Waals surface area (Å²) in [5, 5.41) is 12.4. The van der Waals surface area contributed by atoms with Gasteiger partial charge in [-0.15, -0.1) is 0 Å². The second-order valence-electron chi connectivity index (χ2n) is 5.38. The molecule has 1 fully saturated rings. The zero-order valence-electron chi connectivity index (χ0n) is 12.4. The molecule has 2 aromatic rings. The highest BCUT2D eigenvalue weighted by molar-refractivity contribution is 5.46. The summed E-state index contributed by atoms with van der Waals surface area (Å²) in [6.07, 6.45) is 4.63. The van der Waals surface area contributed by atoms with E-state index < -0.39 is 0 Å². The Labute approximate surface area is 130 Å². The van der Waals surface area contributed by atoms with Crippen molar-refractivity contribution in [1.82, 2.24) is 9.97 Å². The van der Waals surface area contributed by atoms with E-state index in [1.54, 1.807) is 6.20 Å². The van der Waals surface area contributed by atoms with E-state index in [0.717, 1.165) is 38.2 Å². The molecule has 112 valence electrons. The van der Waals surface area contributed by atoms with Gasteiger partial charge in [-0.25, -0.2) is 4.98 Å². The SMILES string of the molecule is N#CC1CCCN1c1ccnc(NCCc2ccccc2)n1. The quantitative estimate of drug-likeness (QED) is 0.918. The van der Waals surface area contributed by atoms with E-state index in [-0.39, 0.29) is 6.04 Å². The number of benzene rings is 1. The van der Waals surface area contributed by atoms with Crippen LogP contribution in [0.2, 0.25) is 0 Å². The first-order chi connectivity index (χ1) is 10.9. The predicted molar refractivity (Wildman–Crippen MR) is 86.6 cm³/mol. The Morgan fingerprint density at radius 2 is 2.14 bits per heavy atom. The number of rotatable bonds is 5. The lowest BCUT2D eigenvalue weighted by atomic mass is 10.1. The molecule has 0 aliphatic carbocycles. The number of nitriles is 1. The zero-order valence-corrected chi connectivity index (χ0v) is 12.4. The third-order valence-electron chi connectivity index (χ3n) is 3.88. The van der Waals surface area contributed by atoms with Gasteiger partial charge in [-0.3, -0.25) is 0 Å². The first-order valence-electron chi connectivity index (χ1n) is 7.64. The number of hydrogen-bond donors (Lipinski definition) is 1. The topological polar surface area (TPSA) is 64.8 Å². The fraction of sp³-hybridized carbons (Fsp3) is 0.353. The van der Waals surface area contributed by atoms with Crippen LogP contribution in [0.5, 0.6) is 0 Å². The minimum Gasteiger partial charge on any atom is -0.354 e. The van der Waals surface area contributed by atoms with E-state index in [2.05, 4.69) is 38.4 Å². The van der Waals surface area contributed by atoms with Crippen molar-refractivity contribution in [2.45, 2.75) is 25.3 Å². The van der Waals surface area contributed by atoms with E-state index in [0.29, 0.717) is 5.95 Å². The molecule has 1 atom stereocenters. The predicted octanol–water partition coefficient (Wildman–Crippen LogP) is 2.62. The molecule has 5 heteroatoms. The van der Waals surface area contributed by atoms with Gasteiger partial charge in [-0.2, -0.15) is 10.2 Å². The molecule has 2 heterocycles. The Morgan fingerprint density at radius 1 is 1.27 bits per heavy atom. The van der Waals surface area contributed by atoms with E-state index in [9.17, 15) is 5.26 Å². The maximum Gasteiger partial charge on any atom is 0.224 e. The molecule has 0 amide bonds. The van der Waals surface area contributed by atoms with Crippen molar-refractivity contribution in [1.29, 1.82) is 5.26 Å². The van der Waals surface area contributed by atoms with E-state index in [4.69, 9.17) is 0 Å². The number of nitrogens with zero attached hydrogens (tertiary/aromatic N) is 4. The summed E-state index contributed by atoms with van der Waals surface area (Å²) in [7, 11) is 0. The summed E-state index contributed by atoms with van der Waals surface area (Å²) in [5.74, 6) is 1.46. The van der Waals surface area contributed by atoms with Crippen molar-refractivity contribution in [3.05, 3.63) is 48.2 Å². The van der Waals surface area contributed by atoms with Crippen molar-refractivity contribution in [2.24, 2.45) is 0 Å². The van der Waals surface area contributed by atoms with E-state index >= 15 is 0 Å². The third kappa shape index (κ3) is 3.34. The van der Waals surface area contributed by atoms with Crippen LogP contribution in [0.25, 0.3) is 0 Å². The lowest BCUT2D eigenvalue weighted by Crippen LogP contribution is -2.28. The number of aromatic nitrogens is 2. The van der Waals surface area contributed by atoms with Gasteiger partial charge in [0.1, 0.15) is 11.9 Å². The molecule has 3 rings (SSSR count). The molecule has 1 N–H and O–H groups in total. The summed E-state index contributed by atoms with van der Waals surface area (Å²) < 4.78 is 0. The average molecular weight is 293 g/mol. The van der Waals surface area contributed by atoms with E-state index in [1.165, 1.54) is 5.56 Å². The maximum atomic E-state index is 9.18. The minimum absolute atomic E-state index is 0.0629. The monoisotopic (exact) mass is 293 g/mol. The average Bonchev–Trinajstić information content (AvgIpc) is 3.05. The normalized spacial score (nSPS) is 17.2. The molecule has 1 saturated heterocycles. The molecule has 0 saturated carbocycles. The second kappa shape index (κ2) is 6.90. The largest absolute Gasteiger partial charge is 0.354 e. The van der Waals surface area contributed by atoms with Gasteiger partial charge in [0.15, 0.2) is 0 Å². The van der Waals surface area contributed by atoms with Crippen LogP contribution < -0.4 is 10.2 Å². The van der Waals surface area contributed by atoms with Crippen LogP contribution in [0, 0.1) is 11.3 Å². The van der Waals surface area contributed by atoms with Crippen LogP contribution in [0.4, 0.5) is 11.8 Å². The van der Waals surface area contributed by atoms with Gasteiger partial charge in [-0.05, 0) is 30.9 Å². The Kier molecular flexibility index (Phi) is 4.50. The molecule has 22 heavy (non-hydrogen) atoms. The molecular weight excluding hydrogens is 274 g/mol. The molecule has 1 aliphatic rings. The van der Waals surface area contributed by atoms with Crippen LogP contribution >= 0.6 is 0 Å². The molecule has 1 aromatic carbocycles. The summed E-state index contributed by atoms with van der Waals surface area (Å²) in [6.45, 7) is 1.67. The highest BCUT2D eigenvalue weighted by Crippen LogP contribution is 2.23. The lowest BCUT2D eigenvalue weighted by Gasteiger charge is -2.20. The summed E-state index contributed by atoms with van der Waals surface area (Å²) in [4.78, 5) is 10.9. The fourth-order valence-corrected chi connectivity index (χ4v) is 2.73. The standard InChI is InChI=1S/C17H19N5/c18-13-15-7-4-12-22(15)16-9-11-20-17(21-16)19-10-8-14-5-2-1-3-6-14/h1-3,5-6,9,11,15H,4,7-8,10,12H2,(H,19,20,21). The number of anilines is 2. The summed E-state index contributed by atoms with van der Waals surface area (Å²) >= 11 is 0. The second-order valence-corrected chi connectivity index (χ2v) is 5.38. The van der Waals surface area contributed by atoms with Crippen LogP contribution in [0.15, 0.2) is 42.6 Å². The Balaban J connectivity index is 1.61. The summed E-state index contributed by atoms with van der Waals surface area (Å²) in [6, 6.07) is 14.5.